The minimum Gasteiger partial charge on any atom is -0.588 e. The standard InChI is InChI=1S/C9H12NO5PS/c1-14-16(12,15-2)9(11)10-17(13)8-6-4-3-5-7-8/h3-7H,1-2H3,(H,10,11). The van der Waals surface area contributed by atoms with Crippen LogP contribution in [0, 0.1) is 0 Å². The molecule has 1 amide bonds. The number of rotatable bonds is 5. The molecular weight excluding hydrogens is 265 g/mol. The molecule has 0 aliphatic rings. The summed E-state index contributed by atoms with van der Waals surface area (Å²) in [5, 5.41) is 0. The molecule has 0 spiro atoms. The highest BCUT2D eigenvalue weighted by atomic mass is 32.2. The summed E-state index contributed by atoms with van der Waals surface area (Å²) < 4.78 is 34.3. The largest absolute Gasteiger partial charge is 0.588 e. The van der Waals surface area contributed by atoms with Crippen molar-refractivity contribution in [3.8, 4) is 0 Å². The number of amides is 1. The van der Waals surface area contributed by atoms with Crippen LogP contribution in [0.4, 0.5) is 4.79 Å². The third kappa shape index (κ3) is 3.55. The van der Waals surface area contributed by atoms with Gasteiger partial charge in [-0.05, 0) is 12.1 Å². The van der Waals surface area contributed by atoms with Gasteiger partial charge < -0.3 is 13.6 Å². The maximum Gasteiger partial charge on any atom is 0.421 e. The lowest BCUT2D eigenvalue weighted by molar-refractivity contribution is 0.237. The van der Waals surface area contributed by atoms with Crippen molar-refractivity contribution in [3.05, 3.63) is 30.3 Å². The van der Waals surface area contributed by atoms with E-state index in [0.717, 1.165) is 14.2 Å². The number of nitrogens with one attached hydrogen (secondary N) is 1. The lowest BCUT2D eigenvalue weighted by Crippen LogP contribution is -2.29. The first-order chi connectivity index (χ1) is 8.03. The Morgan fingerprint density at radius 3 is 2.29 bits per heavy atom. The van der Waals surface area contributed by atoms with E-state index in [4.69, 9.17) is 0 Å². The highest BCUT2D eigenvalue weighted by Crippen LogP contribution is 2.47. The summed E-state index contributed by atoms with van der Waals surface area (Å²) >= 11 is -1.79. The van der Waals surface area contributed by atoms with Gasteiger partial charge in [-0.2, -0.15) is 4.72 Å². The molecule has 1 aromatic rings. The van der Waals surface area contributed by atoms with E-state index in [1.165, 1.54) is 0 Å². The molecule has 0 saturated carbocycles. The molecule has 0 aromatic heterocycles. The van der Waals surface area contributed by atoms with Crippen molar-refractivity contribution in [3.63, 3.8) is 0 Å². The molecule has 1 N–H and O–H groups in total. The van der Waals surface area contributed by atoms with Gasteiger partial charge in [-0.25, -0.2) is 4.57 Å². The van der Waals surface area contributed by atoms with Crippen LogP contribution in [0.25, 0.3) is 0 Å². The Balaban J connectivity index is 2.73. The number of hydrogen-bond donors (Lipinski definition) is 1. The lowest BCUT2D eigenvalue weighted by Gasteiger charge is -2.14. The Hall–Kier alpha value is -0.850. The van der Waals surface area contributed by atoms with Gasteiger partial charge in [0.1, 0.15) is 11.4 Å². The zero-order valence-electron chi connectivity index (χ0n) is 9.28. The van der Waals surface area contributed by atoms with Crippen molar-refractivity contribution in [2.45, 2.75) is 4.90 Å². The molecule has 1 rings (SSSR count). The van der Waals surface area contributed by atoms with Crippen molar-refractivity contribution in [1.82, 2.24) is 4.72 Å². The van der Waals surface area contributed by atoms with E-state index in [1.54, 1.807) is 30.3 Å². The van der Waals surface area contributed by atoms with Gasteiger partial charge in [0.2, 0.25) is 0 Å². The zero-order chi connectivity index (χ0) is 12.9. The van der Waals surface area contributed by atoms with Crippen LogP contribution >= 0.6 is 7.60 Å². The normalized spacial score (nSPS) is 13.1. The average molecular weight is 277 g/mol. The molecule has 17 heavy (non-hydrogen) atoms. The van der Waals surface area contributed by atoms with Crippen LogP contribution < -0.4 is 4.72 Å². The number of carbonyl (C=O) groups is 1. The molecular formula is C9H12NO5PS. The summed E-state index contributed by atoms with van der Waals surface area (Å²) in [6, 6.07) is 8.23. The Labute approximate surface area is 102 Å². The van der Waals surface area contributed by atoms with Gasteiger partial charge in [-0.3, -0.25) is 4.79 Å². The topological polar surface area (TPSA) is 87.7 Å². The van der Waals surface area contributed by atoms with Crippen molar-refractivity contribution in [2.75, 3.05) is 14.2 Å². The molecule has 1 atom stereocenters. The van der Waals surface area contributed by atoms with Crippen LogP contribution in [0.5, 0.6) is 0 Å². The molecule has 6 nitrogen and oxygen atoms in total. The van der Waals surface area contributed by atoms with Crippen molar-refractivity contribution in [1.29, 1.82) is 0 Å². The summed E-state index contributed by atoms with van der Waals surface area (Å²) in [6.07, 6.45) is 0. The molecule has 0 radical (unpaired) electrons. The molecule has 0 fully saturated rings. The van der Waals surface area contributed by atoms with Gasteiger partial charge in [-0.15, -0.1) is 0 Å². The minimum atomic E-state index is -3.89. The van der Waals surface area contributed by atoms with Crippen molar-refractivity contribution >= 4 is 24.6 Å². The predicted molar refractivity (Wildman–Crippen MR) is 63.0 cm³/mol. The second-order valence-corrected chi connectivity index (χ2v) is 6.20. The second kappa shape index (κ2) is 6.18. The van der Waals surface area contributed by atoms with E-state index in [2.05, 4.69) is 13.8 Å². The molecule has 0 heterocycles. The van der Waals surface area contributed by atoms with Gasteiger partial charge in [0.15, 0.2) is 4.90 Å². The van der Waals surface area contributed by atoms with E-state index in [9.17, 15) is 13.9 Å². The Morgan fingerprint density at radius 2 is 1.82 bits per heavy atom. The van der Waals surface area contributed by atoms with Crippen LogP contribution in [-0.2, 0) is 25.0 Å². The van der Waals surface area contributed by atoms with Crippen LogP contribution in [0.2, 0.25) is 0 Å². The maximum absolute atomic E-state index is 11.7. The molecule has 0 aliphatic heterocycles. The van der Waals surface area contributed by atoms with Gasteiger partial charge in [-0.1, -0.05) is 18.2 Å². The average Bonchev–Trinajstić information content (AvgIpc) is 2.38. The zero-order valence-corrected chi connectivity index (χ0v) is 11.0. The molecule has 94 valence electrons. The highest BCUT2D eigenvalue weighted by molar-refractivity contribution is 7.91. The lowest BCUT2D eigenvalue weighted by atomic mass is 10.4. The molecule has 1 aromatic carbocycles. The first-order valence-corrected chi connectivity index (χ1v) is 7.22. The summed E-state index contributed by atoms with van der Waals surface area (Å²) in [7, 11) is -1.73. The number of hydrogen-bond acceptors (Lipinski definition) is 5. The fourth-order valence-corrected chi connectivity index (χ4v) is 2.84. The summed E-state index contributed by atoms with van der Waals surface area (Å²) in [5.41, 5.74) is -1.04. The van der Waals surface area contributed by atoms with E-state index in [0.29, 0.717) is 4.90 Å². The highest BCUT2D eigenvalue weighted by Gasteiger charge is 2.36. The van der Waals surface area contributed by atoms with Gasteiger partial charge >= 0.3 is 13.2 Å². The Kier molecular flexibility index (Phi) is 5.17. The van der Waals surface area contributed by atoms with E-state index in [1.807, 2.05) is 0 Å². The first-order valence-electron chi connectivity index (χ1n) is 4.53. The fraction of sp³-hybridized carbons (Fsp3) is 0.222. The van der Waals surface area contributed by atoms with Crippen LogP contribution in [0.1, 0.15) is 0 Å². The number of carbonyl (C=O) groups excluding carboxylic acids is 1. The Morgan fingerprint density at radius 1 is 1.29 bits per heavy atom. The molecule has 0 saturated heterocycles. The Bertz CT molecular complexity index is 419. The molecule has 0 aliphatic carbocycles. The van der Waals surface area contributed by atoms with Crippen LogP contribution in [0.3, 0.4) is 0 Å². The maximum atomic E-state index is 11.7. The second-order valence-electron chi connectivity index (χ2n) is 2.85. The number of benzene rings is 1. The van der Waals surface area contributed by atoms with Crippen molar-refractivity contribution < 1.29 is 23.0 Å². The quantitative estimate of drug-likeness (QED) is 0.656. The minimum absolute atomic E-state index is 0.389. The third-order valence-electron chi connectivity index (χ3n) is 1.87. The van der Waals surface area contributed by atoms with E-state index in [-0.39, 0.29) is 0 Å². The summed E-state index contributed by atoms with van der Waals surface area (Å²) in [4.78, 5) is 11.9. The SMILES string of the molecule is COP(=O)(OC)C(=O)N[S+]([O-])c1ccccc1. The molecule has 8 heteroatoms. The predicted octanol–water partition coefficient (Wildman–Crippen LogP) is 1.90. The van der Waals surface area contributed by atoms with Gasteiger partial charge in [0.25, 0.3) is 0 Å². The molecule has 1 unspecified atom stereocenters. The van der Waals surface area contributed by atoms with Crippen LogP contribution in [0.15, 0.2) is 35.2 Å². The van der Waals surface area contributed by atoms with Crippen LogP contribution in [-0.4, -0.2) is 24.4 Å². The summed E-state index contributed by atoms with van der Waals surface area (Å²) in [5.74, 6) is 0. The summed E-state index contributed by atoms with van der Waals surface area (Å²) in [6.45, 7) is 0. The van der Waals surface area contributed by atoms with E-state index < -0.39 is 24.6 Å². The smallest absolute Gasteiger partial charge is 0.421 e. The van der Waals surface area contributed by atoms with E-state index >= 15 is 0 Å². The molecule has 0 bridgehead atoms. The third-order valence-corrected chi connectivity index (χ3v) is 4.66. The first kappa shape index (κ1) is 14.2. The fourth-order valence-electron chi connectivity index (χ4n) is 0.979. The monoisotopic (exact) mass is 277 g/mol. The van der Waals surface area contributed by atoms with Crippen molar-refractivity contribution in [2.24, 2.45) is 0 Å². The van der Waals surface area contributed by atoms with Gasteiger partial charge in [0, 0.05) is 14.2 Å². The van der Waals surface area contributed by atoms with Gasteiger partial charge in [0.05, 0.1) is 0 Å².